The summed E-state index contributed by atoms with van der Waals surface area (Å²) < 4.78 is 0. The van der Waals surface area contributed by atoms with Gasteiger partial charge in [-0.2, -0.15) is 0 Å². The fourth-order valence-corrected chi connectivity index (χ4v) is 2.95. The predicted molar refractivity (Wildman–Crippen MR) is 81.3 cm³/mol. The van der Waals surface area contributed by atoms with Gasteiger partial charge in [0.2, 0.25) is 0 Å². The highest BCUT2D eigenvalue weighted by molar-refractivity contribution is 5.14. The normalized spacial score (nSPS) is 21.7. The van der Waals surface area contributed by atoms with Crippen LogP contribution < -0.4 is 11.1 Å². The Morgan fingerprint density at radius 1 is 1.32 bits per heavy atom. The molecular formula is C16H27N3. The molecule has 19 heavy (non-hydrogen) atoms. The largest absolute Gasteiger partial charge is 0.326 e. The summed E-state index contributed by atoms with van der Waals surface area (Å²) in [5, 5.41) is 3.27. The number of aryl methyl sites for hydroxylation is 1. The van der Waals surface area contributed by atoms with Gasteiger partial charge < -0.3 is 11.1 Å². The van der Waals surface area contributed by atoms with E-state index in [1.54, 1.807) is 0 Å². The number of nitrogens with one attached hydrogen (secondary N) is 1. The number of nitrogens with two attached hydrogens (primary N) is 1. The van der Waals surface area contributed by atoms with Gasteiger partial charge in [-0.15, -0.1) is 0 Å². The lowest BCUT2D eigenvalue weighted by Crippen LogP contribution is -2.37. The van der Waals surface area contributed by atoms with Crippen LogP contribution >= 0.6 is 0 Å². The molecule has 3 nitrogen and oxygen atoms in total. The molecule has 2 rings (SSSR count). The highest BCUT2D eigenvalue weighted by atomic mass is 15.2. The van der Waals surface area contributed by atoms with Crippen molar-refractivity contribution in [2.45, 2.75) is 37.8 Å². The molecule has 0 aliphatic carbocycles. The van der Waals surface area contributed by atoms with Gasteiger partial charge in [-0.05, 0) is 44.8 Å². The smallest absolute Gasteiger partial charge is 0.0180 e. The monoisotopic (exact) mass is 261 g/mol. The van der Waals surface area contributed by atoms with Crippen molar-refractivity contribution >= 4 is 0 Å². The zero-order valence-corrected chi connectivity index (χ0v) is 12.0. The summed E-state index contributed by atoms with van der Waals surface area (Å²) in [7, 11) is 2.03. The molecule has 0 spiro atoms. The fraction of sp³-hybridized carbons (Fsp3) is 0.625. The third kappa shape index (κ3) is 4.60. The number of rotatable bonds is 7. The second kappa shape index (κ2) is 7.63. The van der Waals surface area contributed by atoms with Gasteiger partial charge in [0, 0.05) is 25.2 Å². The second-order valence-electron chi connectivity index (χ2n) is 5.61. The van der Waals surface area contributed by atoms with Crippen LogP contribution in [0.1, 0.15) is 24.8 Å². The molecule has 2 unspecified atom stereocenters. The minimum Gasteiger partial charge on any atom is -0.326 e. The zero-order chi connectivity index (χ0) is 13.5. The molecule has 1 aliphatic heterocycles. The number of benzene rings is 1. The predicted octanol–water partition coefficient (Wildman–Crippen LogP) is 1.63. The van der Waals surface area contributed by atoms with E-state index in [9.17, 15) is 0 Å². The molecule has 1 aromatic rings. The van der Waals surface area contributed by atoms with Crippen molar-refractivity contribution < 1.29 is 0 Å². The molecule has 1 heterocycles. The van der Waals surface area contributed by atoms with Crippen LogP contribution in [0.5, 0.6) is 0 Å². The van der Waals surface area contributed by atoms with E-state index >= 15 is 0 Å². The van der Waals surface area contributed by atoms with Gasteiger partial charge in [0.1, 0.15) is 0 Å². The quantitative estimate of drug-likeness (QED) is 0.784. The molecule has 3 N–H and O–H groups in total. The van der Waals surface area contributed by atoms with Crippen LogP contribution in [-0.2, 0) is 6.42 Å². The zero-order valence-electron chi connectivity index (χ0n) is 12.0. The van der Waals surface area contributed by atoms with Gasteiger partial charge in [0.05, 0.1) is 0 Å². The molecule has 1 aliphatic rings. The van der Waals surface area contributed by atoms with E-state index in [2.05, 4.69) is 40.5 Å². The van der Waals surface area contributed by atoms with Crippen LogP contribution in [0.4, 0.5) is 0 Å². The van der Waals surface area contributed by atoms with Gasteiger partial charge in [-0.1, -0.05) is 30.3 Å². The van der Waals surface area contributed by atoms with E-state index in [1.165, 1.54) is 31.4 Å². The van der Waals surface area contributed by atoms with Crippen LogP contribution in [0, 0.1) is 0 Å². The third-order valence-corrected chi connectivity index (χ3v) is 4.11. The first-order valence-electron chi connectivity index (χ1n) is 7.47. The van der Waals surface area contributed by atoms with Crippen molar-refractivity contribution in [2.24, 2.45) is 5.73 Å². The van der Waals surface area contributed by atoms with Crippen LogP contribution in [-0.4, -0.2) is 43.7 Å². The molecule has 1 saturated heterocycles. The molecule has 0 amide bonds. The molecule has 1 aromatic carbocycles. The van der Waals surface area contributed by atoms with Crippen molar-refractivity contribution in [3.63, 3.8) is 0 Å². The maximum atomic E-state index is 6.04. The minimum absolute atomic E-state index is 0.383. The molecule has 1 fully saturated rings. The van der Waals surface area contributed by atoms with E-state index in [0.717, 1.165) is 19.5 Å². The topological polar surface area (TPSA) is 41.3 Å². The molecule has 0 aromatic heterocycles. The van der Waals surface area contributed by atoms with Crippen molar-refractivity contribution in [1.82, 2.24) is 10.2 Å². The summed E-state index contributed by atoms with van der Waals surface area (Å²) in [6, 6.07) is 11.8. The average molecular weight is 261 g/mol. The molecule has 2 atom stereocenters. The van der Waals surface area contributed by atoms with Crippen molar-refractivity contribution in [1.29, 1.82) is 0 Å². The second-order valence-corrected chi connectivity index (χ2v) is 5.61. The van der Waals surface area contributed by atoms with Gasteiger partial charge in [-0.3, -0.25) is 4.90 Å². The van der Waals surface area contributed by atoms with Gasteiger partial charge in [-0.25, -0.2) is 0 Å². The lowest BCUT2D eigenvalue weighted by atomic mass is 10.0. The number of hydrogen-bond acceptors (Lipinski definition) is 3. The summed E-state index contributed by atoms with van der Waals surface area (Å²) in [5.41, 5.74) is 7.49. The maximum Gasteiger partial charge on any atom is 0.0180 e. The molecular weight excluding hydrogens is 234 g/mol. The average Bonchev–Trinajstić information content (AvgIpc) is 2.86. The van der Waals surface area contributed by atoms with E-state index in [-0.39, 0.29) is 0 Å². The molecule has 3 heteroatoms. The Labute approximate surface area is 117 Å². The Morgan fingerprint density at radius 3 is 2.74 bits per heavy atom. The summed E-state index contributed by atoms with van der Waals surface area (Å²) >= 11 is 0. The summed E-state index contributed by atoms with van der Waals surface area (Å²) in [4.78, 5) is 2.59. The van der Waals surface area contributed by atoms with Crippen LogP contribution in [0.3, 0.4) is 0 Å². The van der Waals surface area contributed by atoms with Gasteiger partial charge >= 0.3 is 0 Å². The summed E-state index contributed by atoms with van der Waals surface area (Å²) in [6.07, 6.45) is 4.77. The van der Waals surface area contributed by atoms with Gasteiger partial charge in [0.25, 0.3) is 0 Å². The minimum atomic E-state index is 0.383. The Balaban J connectivity index is 1.86. The SMILES string of the molecule is CNCCC(CCc1ccccc1)N1CCC(N)C1. The first-order valence-corrected chi connectivity index (χ1v) is 7.47. The molecule has 0 radical (unpaired) electrons. The fourth-order valence-electron chi connectivity index (χ4n) is 2.95. The molecule has 0 bridgehead atoms. The number of hydrogen-bond donors (Lipinski definition) is 2. The van der Waals surface area contributed by atoms with Crippen molar-refractivity contribution in [3.8, 4) is 0 Å². The van der Waals surface area contributed by atoms with E-state index < -0.39 is 0 Å². The Bertz CT molecular complexity index is 352. The third-order valence-electron chi connectivity index (χ3n) is 4.11. The first-order chi connectivity index (χ1) is 9.29. The van der Waals surface area contributed by atoms with E-state index in [4.69, 9.17) is 5.73 Å². The lowest BCUT2D eigenvalue weighted by Gasteiger charge is -2.28. The Kier molecular flexibility index (Phi) is 5.83. The van der Waals surface area contributed by atoms with Crippen LogP contribution in [0.15, 0.2) is 30.3 Å². The Hall–Kier alpha value is -0.900. The maximum absolute atomic E-state index is 6.04. The first kappa shape index (κ1) is 14.5. The van der Waals surface area contributed by atoms with Gasteiger partial charge in [0.15, 0.2) is 0 Å². The van der Waals surface area contributed by atoms with Crippen LogP contribution in [0.25, 0.3) is 0 Å². The lowest BCUT2D eigenvalue weighted by molar-refractivity contribution is 0.216. The Morgan fingerprint density at radius 2 is 2.11 bits per heavy atom. The van der Waals surface area contributed by atoms with E-state index in [0.29, 0.717) is 12.1 Å². The summed E-state index contributed by atoms with van der Waals surface area (Å²) in [6.45, 7) is 3.33. The van der Waals surface area contributed by atoms with E-state index in [1.807, 2.05) is 7.05 Å². The highest BCUT2D eigenvalue weighted by Crippen LogP contribution is 2.18. The molecule has 0 saturated carbocycles. The van der Waals surface area contributed by atoms with Crippen molar-refractivity contribution in [2.75, 3.05) is 26.7 Å². The standard InChI is InChI=1S/C16H27N3/c1-18-11-9-16(19-12-10-15(17)13-19)8-7-14-5-3-2-4-6-14/h2-6,15-16,18H,7-13,17H2,1H3. The van der Waals surface area contributed by atoms with Crippen LogP contribution in [0.2, 0.25) is 0 Å². The number of nitrogens with zero attached hydrogens (tertiary/aromatic N) is 1. The highest BCUT2D eigenvalue weighted by Gasteiger charge is 2.25. The number of likely N-dealkylation sites (tertiary alicyclic amines) is 1. The van der Waals surface area contributed by atoms with Crippen molar-refractivity contribution in [3.05, 3.63) is 35.9 Å². The summed E-state index contributed by atoms with van der Waals surface area (Å²) in [5.74, 6) is 0. The molecule has 106 valence electrons.